The topological polar surface area (TPSA) is 35.6 Å². The third kappa shape index (κ3) is 5.25. The number of nitrogens with zero attached hydrogens (tertiary/aromatic N) is 2. The van der Waals surface area contributed by atoms with Gasteiger partial charge in [0.2, 0.25) is 0 Å². The summed E-state index contributed by atoms with van der Waals surface area (Å²) in [7, 11) is 1.84. The molecule has 1 fully saturated rings. The van der Waals surface area contributed by atoms with E-state index in [4.69, 9.17) is 0 Å². The largest absolute Gasteiger partial charge is 0.336 e. The first-order chi connectivity index (χ1) is 10.5. The summed E-state index contributed by atoms with van der Waals surface area (Å²) in [6.07, 6.45) is 2.54. The van der Waals surface area contributed by atoms with E-state index in [-0.39, 0.29) is 6.03 Å². The van der Waals surface area contributed by atoms with Crippen LogP contribution in [0.3, 0.4) is 0 Å². The highest BCUT2D eigenvalue weighted by Crippen LogP contribution is 2.23. The zero-order chi connectivity index (χ0) is 16.1. The van der Waals surface area contributed by atoms with E-state index in [1.165, 1.54) is 17.7 Å². The molecule has 0 bridgehead atoms. The Hall–Kier alpha value is -0.590. The fourth-order valence-corrected chi connectivity index (χ4v) is 4.25. The van der Waals surface area contributed by atoms with E-state index in [2.05, 4.69) is 46.1 Å². The average Bonchev–Trinajstić information content (AvgIpc) is 2.90. The Labute approximate surface area is 146 Å². The third-order valence-corrected chi connectivity index (χ3v) is 5.97. The maximum atomic E-state index is 12.2. The second-order valence-electron chi connectivity index (χ2n) is 6.32. The van der Waals surface area contributed by atoms with Crippen LogP contribution in [0.2, 0.25) is 0 Å². The summed E-state index contributed by atoms with van der Waals surface area (Å²) in [4.78, 5) is 17.6. The number of carbonyl (C=O) groups is 1. The molecule has 1 saturated heterocycles. The van der Waals surface area contributed by atoms with Gasteiger partial charge in [0.05, 0.1) is 10.3 Å². The standard InChI is InChI=1S/C16H26BrN3OS/c1-12-6-8-20(9-7-12)13(2)10-18-16(21)19(3)11-14-4-5-15(17)22-14/h4-5,12-13H,6-11H2,1-3H3,(H,18,21). The minimum Gasteiger partial charge on any atom is -0.336 e. The van der Waals surface area contributed by atoms with E-state index >= 15 is 0 Å². The molecule has 2 heterocycles. The van der Waals surface area contributed by atoms with Crippen LogP contribution in [-0.4, -0.2) is 48.6 Å². The molecule has 0 spiro atoms. The molecule has 0 aliphatic carbocycles. The molecule has 1 N–H and O–H groups in total. The van der Waals surface area contributed by atoms with Gasteiger partial charge in [-0.15, -0.1) is 11.3 Å². The van der Waals surface area contributed by atoms with Crippen molar-refractivity contribution in [2.24, 2.45) is 5.92 Å². The van der Waals surface area contributed by atoms with Crippen molar-refractivity contribution in [2.45, 2.75) is 39.3 Å². The summed E-state index contributed by atoms with van der Waals surface area (Å²) in [5, 5.41) is 3.06. The Morgan fingerprint density at radius 3 is 2.77 bits per heavy atom. The molecule has 124 valence electrons. The number of rotatable bonds is 5. The Morgan fingerprint density at radius 2 is 2.18 bits per heavy atom. The monoisotopic (exact) mass is 387 g/mol. The van der Waals surface area contributed by atoms with Gasteiger partial charge in [0.15, 0.2) is 0 Å². The second-order valence-corrected chi connectivity index (χ2v) is 8.86. The van der Waals surface area contributed by atoms with E-state index in [0.29, 0.717) is 19.1 Å². The number of thiophene rings is 1. The zero-order valence-corrected chi connectivity index (χ0v) is 16.0. The molecule has 1 unspecified atom stereocenters. The highest BCUT2D eigenvalue weighted by atomic mass is 79.9. The fraction of sp³-hybridized carbons (Fsp3) is 0.688. The highest BCUT2D eigenvalue weighted by molar-refractivity contribution is 9.11. The lowest BCUT2D eigenvalue weighted by atomic mass is 9.98. The summed E-state index contributed by atoms with van der Waals surface area (Å²) in [6.45, 7) is 8.19. The van der Waals surface area contributed by atoms with Crippen LogP contribution < -0.4 is 5.32 Å². The molecule has 22 heavy (non-hydrogen) atoms. The van der Waals surface area contributed by atoms with Crippen molar-refractivity contribution in [1.82, 2.24) is 15.1 Å². The molecule has 2 amide bonds. The Morgan fingerprint density at radius 1 is 1.50 bits per heavy atom. The third-order valence-electron chi connectivity index (χ3n) is 4.36. The van der Waals surface area contributed by atoms with E-state index in [9.17, 15) is 4.79 Å². The zero-order valence-electron chi connectivity index (χ0n) is 13.6. The van der Waals surface area contributed by atoms with Gasteiger partial charge in [-0.2, -0.15) is 0 Å². The number of likely N-dealkylation sites (tertiary alicyclic amines) is 1. The average molecular weight is 388 g/mol. The first-order valence-corrected chi connectivity index (χ1v) is 9.54. The number of piperidine rings is 1. The van der Waals surface area contributed by atoms with E-state index in [1.807, 2.05) is 13.1 Å². The quantitative estimate of drug-likeness (QED) is 0.834. The Bertz CT molecular complexity index is 485. The Balaban J connectivity index is 1.72. The molecular formula is C16H26BrN3OS. The second kappa shape index (κ2) is 8.31. The number of hydrogen-bond acceptors (Lipinski definition) is 3. The van der Waals surface area contributed by atoms with Gasteiger partial charge in [0.1, 0.15) is 0 Å². The van der Waals surface area contributed by atoms with Gasteiger partial charge in [-0.3, -0.25) is 4.90 Å². The fourth-order valence-electron chi connectivity index (χ4n) is 2.71. The normalized spacial score (nSPS) is 18.2. The van der Waals surface area contributed by atoms with Crippen LogP contribution in [0.25, 0.3) is 0 Å². The number of nitrogens with one attached hydrogen (secondary N) is 1. The number of carbonyl (C=O) groups excluding carboxylic acids is 1. The number of urea groups is 1. The lowest BCUT2D eigenvalue weighted by Gasteiger charge is -2.35. The minimum absolute atomic E-state index is 0.00162. The van der Waals surface area contributed by atoms with E-state index < -0.39 is 0 Å². The maximum Gasteiger partial charge on any atom is 0.317 e. The molecule has 4 nitrogen and oxygen atoms in total. The summed E-state index contributed by atoms with van der Waals surface area (Å²) in [5.74, 6) is 0.842. The molecule has 0 saturated carbocycles. The van der Waals surface area contributed by atoms with Crippen LogP contribution in [0, 0.1) is 5.92 Å². The van der Waals surface area contributed by atoms with Crippen molar-refractivity contribution < 1.29 is 4.79 Å². The minimum atomic E-state index is 0.00162. The number of hydrogen-bond donors (Lipinski definition) is 1. The van der Waals surface area contributed by atoms with Gasteiger partial charge in [0.25, 0.3) is 0 Å². The summed E-state index contributed by atoms with van der Waals surface area (Å²) in [5.41, 5.74) is 0. The number of halogens is 1. The van der Waals surface area contributed by atoms with Gasteiger partial charge in [0, 0.05) is 24.5 Å². The van der Waals surface area contributed by atoms with Crippen LogP contribution in [0.15, 0.2) is 15.9 Å². The molecule has 2 rings (SSSR count). The predicted octanol–water partition coefficient (Wildman–Crippen LogP) is 3.77. The van der Waals surface area contributed by atoms with Crippen molar-refractivity contribution in [3.63, 3.8) is 0 Å². The van der Waals surface area contributed by atoms with Gasteiger partial charge >= 0.3 is 6.03 Å². The molecule has 0 aromatic carbocycles. The Kier molecular flexibility index (Phi) is 6.71. The first-order valence-electron chi connectivity index (χ1n) is 7.93. The molecule has 1 aliphatic rings. The maximum absolute atomic E-state index is 12.2. The van der Waals surface area contributed by atoms with Crippen LogP contribution in [0.1, 0.15) is 31.6 Å². The molecule has 1 aromatic heterocycles. The van der Waals surface area contributed by atoms with Crippen molar-refractivity contribution in [2.75, 3.05) is 26.7 Å². The van der Waals surface area contributed by atoms with Gasteiger partial charge in [-0.1, -0.05) is 6.92 Å². The molecule has 1 atom stereocenters. The molecular weight excluding hydrogens is 362 g/mol. The lowest BCUT2D eigenvalue weighted by molar-refractivity contribution is 0.142. The molecule has 6 heteroatoms. The smallest absolute Gasteiger partial charge is 0.317 e. The summed E-state index contributed by atoms with van der Waals surface area (Å²) >= 11 is 5.12. The van der Waals surface area contributed by atoms with Crippen molar-refractivity contribution in [1.29, 1.82) is 0 Å². The predicted molar refractivity (Wildman–Crippen MR) is 96.3 cm³/mol. The molecule has 1 aliphatic heterocycles. The highest BCUT2D eigenvalue weighted by Gasteiger charge is 2.21. The summed E-state index contributed by atoms with van der Waals surface area (Å²) < 4.78 is 1.10. The van der Waals surface area contributed by atoms with Gasteiger partial charge < -0.3 is 10.2 Å². The molecule has 0 radical (unpaired) electrons. The SMILES string of the molecule is CC1CCN(C(C)CNC(=O)N(C)Cc2ccc(Br)s2)CC1. The van der Waals surface area contributed by atoms with E-state index in [1.54, 1.807) is 16.2 Å². The lowest BCUT2D eigenvalue weighted by Crippen LogP contribution is -2.47. The van der Waals surface area contributed by atoms with Crippen LogP contribution in [0.5, 0.6) is 0 Å². The van der Waals surface area contributed by atoms with Crippen molar-refractivity contribution in [3.05, 3.63) is 20.8 Å². The van der Waals surface area contributed by atoms with Gasteiger partial charge in [-0.25, -0.2) is 4.79 Å². The number of amides is 2. The van der Waals surface area contributed by atoms with Gasteiger partial charge in [-0.05, 0) is 66.8 Å². The van der Waals surface area contributed by atoms with Crippen LogP contribution >= 0.6 is 27.3 Å². The van der Waals surface area contributed by atoms with E-state index in [0.717, 1.165) is 22.8 Å². The summed E-state index contributed by atoms with van der Waals surface area (Å²) in [6, 6.07) is 4.48. The van der Waals surface area contributed by atoms with Crippen LogP contribution in [-0.2, 0) is 6.54 Å². The molecule has 1 aromatic rings. The van der Waals surface area contributed by atoms with Crippen molar-refractivity contribution in [3.8, 4) is 0 Å². The van der Waals surface area contributed by atoms with Crippen molar-refractivity contribution >= 4 is 33.3 Å². The van der Waals surface area contributed by atoms with Crippen LogP contribution in [0.4, 0.5) is 4.79 Å². The first kappa shape index (κ1) is 17.8.